The number of nitrogens with one attached hydrogen (secondary N) is 2. The van der Waals surface area contributed by atoms with Crippen molar-refractivity contribution in [3.05, 3.63) is 33.2 Å². The Hall–Kier alpha value is -2.09. The number of nitriles is 1. The van der Waals surface area contributed by atoms with Crippen molar-refractivity contribution in [2.24, 2.45) is 0 Å². The van der Waals surface area contributed by atoms with Gasteiger partial charge in [-0.15, -0.1) is 0 Å². The Morgan fingerprint density at radius 3 is 2.72 bits per heavy atom. The van der Waals surface area contributed by atoms with Crippen LogP contribution >= 0.6 is 0 Å². The van der Waals surface area contributed by atoms with E-state index in [1.54, 1.807) is 6.07 Å². The van der Waals surface area contributed by atoms with Crippen LogP contribution in [0.25, 0.3) is 0 Å². The summed E-state index contributed by atoms with van der Waals surface area (Å²) < 4.78 is 0. The van der Waals surface area contributed by atoms with Crippen LogP contribution < -0.4 is 10.9 Å². The molecule has 0 fully saturated rings. The molecule has 5 nitrogen and oxygen atoms in total. The molecule has 1 rings (SSSR count). The summed E-state index contributed by atoms with van der Waals surface area (Å²) in [6, 6.07) is 3.57. The summed E-state index contributed by atoms with van der Waals surface area (Å²) in [5, 5.41) is 10.9. The van der Waals surface area contributed by atoms with E-state index in [2.05, 4.69) is 10.3 Å². The van der Waals surface area contributed by atoms with E-state index in [1.165, 1.54) is 0 Å². The molecule has 0 aromatic carbocycles. The van der Waals surface area contributed by atoms with Crippen molar-refractivity contribution in [3.63, 3.8) is 0 Å². The molecule has 1 aromatic rings. The number of pyridine rings is 1. The molecule has 0 bridgehead atoms. The summed E-state index contributed by atoms with van der Waals surface area (Å²) in [6.45, 7) is 4.19. The first-order valence-corrected chi connectivity index (χ1v) is 6.04. The molecular weight excluding hydrogens is 230 g/mol. The summed E-state index contributed by atoms with van der Waals surface area (Å²) in [5.74, 6) is -0.427. The first-order chi connectivity index (χ1) is 8.63. The predicted molar refractivity (Wildman–Crippen MR) is 68.4 cm³/mol. The Balaban J connectivity index is 2.99. The molecule has 0 atom stereocenters. The Morgan fingerprint density at radius 2 is 2.17 bits per heavy atom. The Kier molecular flexibility index (Phi) is 5.12. The van der Waals surface area contributed by atoms with E-state index in [0.29, 0.717) is 0 Å². The molecular formula is C13H17N3O2. The van der Waals surface area contributed by atoms with Gasteiger partial charge in [0.25, 0.3) is 11.5 Å². The van der Waals surface area contributed by atoms with Gasteiger partial charge in [-0.1, -0.05) is 13.8 Å². The summed E-state index contributed by atoms with van der Waals surface area (Å²) in [4.78, 5) is 26.3. The molecule has 0 unspecified atom stereocenters. The molecule has 0 spiro atoms. The second kappa shape index (κ2) is 6.60. The van der Waals surface area contributed by atoms with Gasteiger partial charge in [-0.3, -0.25) is 9.59 Å². The molecule has 18 heavy (non-hydrogen) atoms. The molecule has 1 heterocycles. The van der Waals surface area contributed by atoms with Crippen molar-refractivity contribution in [1.29, 1.82) is 5.26 Å². The van der Waals surface area contributed by atoms with E-state index < -0.39 is 5.91 Å². The number of hydrogen-bond acceptors (Lipinski definition) is 3. The number of H-pyrrole nitrogens is 1. The summed E-state index contributed by atoms with van der Waals surface area (Å²) in [5.41, 5.74) is 1.58. The number of carbonyl (C=O) groups excluding carboxylic acids is 1. The van der Waals surface area contributed by atoms with Gasteiger partial charge < -0.3 is 10.3 Å². The maximum atomic E-state index is 11.8. The minimum Gasteiger partial charge on any atom is -0.351 e. The van der Waals surface area contributed by atoms with Crippen molar-refractivity contribution < 1.29 is 4.79 Å². The van der Waals surface area contributed by atoms with Gasteiger partial charge in [-0.2, -0.15) is 5.26 Å². The van der Waals surface area contributed by atoms with Gasteiger partial charge in [0.1, 0.15) is 5.56 Å². The van der Waals surface area contributed by atoms with Gasteiger partial charge in [0.15, 0.2) is 0 Å². The highest BCUT2D eigenvalue weighted by atomic mass is 16.2. The molecule has 1 aromatic heterocycles. The number of nitrogens with zero attached hydrogens (tertiary/aromatic N) is 1. The predicted octanol–water partition coefficient (Wildman–Crippen LogP) is 1.14. The molecule has 0 radical (unpaired) electrons. The van der Waals surface area contributed by atoms with Crippen molar-refractivity contribution in [2.75, 3.05) is 6.54 Å². The van der Waals surface area contributed by atoms with Gasteiger partial charge in [-0.05, 0) is 24.5 Å². The zero-order chi connectivity index (χ0) is 13.5. The summed E-state index contributed by atoms with van der Waals surface area (Å²) in [7, 11) is 0. The number of aryl methyl sites for hydroxylation is 2. The van der Waals surface area contributed by atoms with E-state index in [4.69, 9.17) is 5.26 Å². The van der Waals surface area contributed by atoms with Crippen LogP contribution in [0.3, 0.4) is 0 Å². The Bertz CT molecular complexity index is 526. The van der Waals surface area contributed by atoms with E-state index in [-0.39, 0.29) is 24.1 Å². The molecule has 0 aliphatic heterocycles. The van der Waals surface area contributed by atoms with Crippen LogP contribution in [0.4, 0.5) is 0 Å². The highest BCUT2D eigenvalue weighted by molar-refractivity contribution is 5.94. The molecule has 2 N–H and O–H groups in total. The monoisotopic (exact) mass is 247 g/mol. The van der Waals surface area contributed by atoms with E-state index in [1.807, 2.05) is 19.9 Å². The fourth-order valence-corrected chi connectivity index (χ4v) is 1.74. The van der Waals surface area contributed by atoms with Crippen molar-refractivity contribution >= 4 is 5.91 Å². The van der Waals surface area contributed by atoms with Crippen molar-refractivity contribution in [1.82, 2.24) is 10.3 Å². The van der Waals surface area contributed by atoms with Gasteiger partial charge in [-0.25, -0.2) is 0 Å². The maximum Gasteiger partial charge on any atom is 0.261 e. The minimum absolute atomic E-state index is 0.113. The highest BCUT2D eigenvalue weighted by Gasteiger charge is 2.12. The highest BCUT2D eigenvalue weighted by Crippen LogP contribution is 2.07. The smallest absolute Gasteiger partial charge is 0.261 e. The second-order valence-electron chi connectivity index (χ2n) is 3.89. The van der Waals surface area contributed by atoms with Crippen LogP contribution in [0.1, 0.15) is 41.9 Å². The first-order valence-electron chi connectivity index (χ1n) is 6.04. The average molecular weight is 247 g/mol. The SMILES string of the molecule is CCc1cc(C(=O)NCCC#N)c(=O)[nH]c1CC. The van der Waals surface area contributed by atoms with Crippen molar-refractivity contribution in [3.8, 4) is 6.07 Å². The number of aromatic nitrogens is 1. The van der Waals surface area contributed by atoms with Crippen LogP contribution in [0.5, 0.6) is 0 Å². The zero-order valence-corrected chi connectivity index (χ0v) is 10.7. The molecule has 96 valence electrons. The van der Waals surface area contributed by atoms with Crippen LogP contribution in [0, 0.1) is 11.3 Å². The molecule has 1 amide bonds. The third-order valence-electron chi connectivity index (χ3n) is 2.72. The van der Waals surface area contributed by atoms with E-state index in [9.17, 15) is 9.59 Å². The van der Waals surface area contributed by atoms with Gasteiger partial charge in [0, 0.05) is 12.2 Å². The number of rotatable bonds is 5. The molecule has 0 saturated carbocycles. The lowest BCUT2D eigenvalue weighted by atomic mass is 10.1. The summed E-state index contributed by atoms with van der Waals surface area (Å²) in [6.07, 6.45) is 1.73. The van der Waals surface area contributed by atoms with Crippen LogP contribution in [0.2, 0.25) is 0 Å². The minimum atomic E-state index is -0.427. The molecule has 0 aliphatic rings. The van der Waals surface area contributed by atoms with Gasteiger partial charge >= 0.3 is 0 Å². The maximum absolute atomic E-state index is 11.8. The third kappa shape index (κ3) is 3.20. The lowest BCUT2D eigenvalue weighted by Crippen LogP contribution is -2.31. The van der Waals surface area contributed by atoms with Gasteiger partial charge in [0.05, 0.1) is 12.5 Å². The second-order valence-corrected chi connectivity index (χ2v) is 3.89. The first kappa shape index (κ1) is 14.0. The lowest BCUT2D eigenvalue weighted by molar-refractivity contribution is 0.0953. The van der Waals surface area contributed by atoms with E-state index in [0.717, 1.165) is 24.1 Å². The molecule has 0 saturated heterocycles. The van der Waals surface area contributed by atoms with Crippen LogP contribution in [-0.4, -0.2) is 17.4 Å². The topological polar surface area (TPSA) is 85.8 Å². The number of carbonyl (C=O) groups is 1. The van der Waals surface area contributed by atoms with Crippen LogP contribution in [-0.2, 0) is 12.8 Å². The van der Waals surface area contributed by atoms with Crippen molar-refractivity contribution in [2.45, 2.75) is 33.1 Å². The zero-order valence-electron chi connectivity index (χ0n) is 10.7. The summed E-state index contributed by atoms with van der Waals surface area (Å²) >= 11 is 0. The fourth-order valence-electron chi connectivity index (χ4n) is 1.74. The Morgan fingerprint density at radius 1 is 1.44 bits per heavy atom. The van der Waals surface area contributed by atoms with Crippen LogP contribution in [0.15, 0.2) is 10.9 Å². The number of aromatic amines is 1. The van der Waals surface area contributed by atoms with E-state index >= 15 is 0 Å². The van der Waals surface area contributed by atoms with Gasteiger partial charge in [0.2, 0.25) is 0 Å². The standard InChI is InChI=1S/C13H17N3O2/c1-3-9-8-10(12(17)15-7-5-6-14)13(18)16-11(9)4-2/h8H,3-5,7H2,1-2H3,(H,15,17)(H,16,18). The lowest BCUT2D eigenvalue weighted by Gasteiger charge is -2.08. The molecule has 5 heteroatoms. The number of hydrogen-bond donors (Lipinski definition) is 2. The third-order valence-corrected chi connectivity index (χ3v) is 2.72. The fraction of sp³-hybridized carbons (Fsp3) is 0.462. The average Bonchev–Trinajstić information content (AvgIpc) is 2.38. The molecule has 0 aliphatic carbocycles. The largest absolute Gasteiger partial charge is 0.351 e. The number of amides is 1. The quantitative estimate of drug-likeness (QED) is 0.765. The normalized spacial score (nSPS) is 9.83. The Labute approximate surface area is 106 Å².